The molecule has 1 amide bonds. The van der Waals surface area contributed by atoms with Gasteiger partial charge in [-0.05, 0) is 24.3 Å². The van der Waals surface area contributed by atoms with Gasteiger partial charge in [0.25, 0.3) is 16.8 Å². The summed E-state index contributed by atoms with van der Waals surface area (Å²) in [5.41, 5.74) is -0.970. The van der Waals surface area contributed by atoms with Crippen LogP contribution < -0.4 is 21.5 Å². The largest absolute Gasteiger partial charge is 0.504 e. The first kappa shape index (κ1) is 26.2. The van der Waals surface area contributed by atoms with Crippen molar-refractivity contribution in [3.8, 4) is 5.75 Å². The molecule has 1 unspecified atom stereocenters. The van der Waals surface area contributed by atoms with E-state index in [1.165, 1.54) is 31.3 Å². The molecule has 2 aromatic heterocycles. The number of pyridine rings is 1. The van der Waals surface area contributed by atoms with E-state index in [1.54, 1.807) is 17.9 Å². The molecular formula is C23H29ClN6O5. The number of hydrogen-bond donors (Lipinski definition) is 3. The molecule has 5 N–H and O–H groups in total. The van der Waals surface area contributed by atoms with Crippen LogP contribution in [0.5, 0.6) is 5.75 Å². The molecule has 1 aromatic carbocycles. The number of carbonyl (C=O) groups is 1. The molecule has 0 aliphatic heterocycles. The first-order valence-electron chi connectivity index (χ1n) is 11.0. The number of hydrogen-bond acceptors (Lipinski definition) is 8. The van der Waals surface area contributed by atoms with Crippen molar-refractivity contribution in [3.05, 3.63) is 55.3 Å². The molecule has 0 bridgehead atoms. The summed E-state index contributed by atoms with van der Waals surface area (Å²) in [6.07, 6.45) is 6.96. The predicted octanol–water partition coefficient (Wildman–Crippen LogP) is 2.12. The molecular weight excluding hydrogens is 476 g/mol. The van der Waals surface area contributed by atoms with Crippen molar-refractivity contribution in [2.45, 2.75) is 38.6 Å². The van der Waals surface area contributed by atoms with Crippen LogP contribution in [0.1, 0.15) is 54.8 Å². The van der Waals surface area contributed by atoms with Crippen LogP contribution in [0.25, 0.3) is 0 Å². The van der Waals surface area contributed by atoms with Crippen LogP contribution >= 0.6 is 11.6 Å². The molecule has 0 spiro atoms. The number of amides is 1. The van der Waals surface area contributed by atoms with Gasteiger partial charge in [0.15, 0.2) is 11.4 Å². The summed E-state index contributed by atoms with van der Waals surface area (Å²) in [6, 6.07) is 1.03. The SMILES string of the molecule is CN(C)C(=O)c1nccc(Nc2c(NC(c3nn(C)cc3Cl)C3(C)CCCC3)c(=O)c2=O)c1O.O. The second-order valence-electron chi connectivity index (χ2n) is 9.26. The highest BCUT2D eigenvalue weighted by Crippen LogP contribution is 2.49. The van der Waals surface area contributed by atoms with E-state index >= 15 is 0 Å². The molecule has 0 saturated heterocycles. The Morgan fingerprint density at radius 3 is 2.43 bits per heavy atom. The van der Waals surface area contributed by atoms with Crippen LogP contribution in [0.15, 0.2) is 28.0 Å². The summed E-state index contributed by atoms with van der Waals surface area (Å²) in [6.45, 7) is 2.12. The van der Waals surface area contributed by atoms with Crippen molar-refractivity contribution in [3.63, 3.8) is 0 Å². The van der Waals surface area contributed by atoms with E-state index in [0.717, 1.165) is 25.7 Å². The van der Waals surface area contributed by atoms with Crippen molar-refractivity contribution in [1.82, 2.24) is 19.7 Å². The summed E-state index contributed by atoms with van der Waals surface area (Å²) in [7, 11) is 4.84. The minimum atomic E-state index is -0.721. The van der Waals surface area contributed by atoms with Gasteiger partial charge in [-0.2, -0.15) is 5.10 Å². The maximum absolute atomic E-state index is 12.6. The van der Waals surface area contributed by atoms with Gasteiger partial charge in [-0.15, -0.1) is 0 Å². The second kappa shape index (κ2) is 9.67. The number of aromatic nitrogens is 3. The summed E-state index contributed by atoms with van der Waals surface area (Å²) >= 11 is 6.47. The minimum absolute atomic E-state index is 0. The number of aryl methyl sites for hydroxylation is 1. The highest BCUT2D eigenvalue weighted by atomic mass is 35.5. The van der Waals surface area contributed by atoms with E-state index in [4.69, 9.17) is 11.6 Å². The number of nitrogens with zero attached hydrogens (tertiary/aromatic N) is 4. The van der Waals surface area contributed by atoms with E-state index in [2.05, 4.69) is 27.6 Å². The van der Waals surface area contributed by atoms with Crippen LogP contribution in [0.4, 0.5) is 17.1 Å². The van der Waals surface area contributed by atoms with Crippen LogP contribution in [0.2, 0.25) is 5.02 Å². The Morgan fingerprint density at radius 2 is 1.86 bits per heavy atom. The van der Waals surface area contributed by atoms with E-state index in [-0.39, 0.29) is 33.6 Å². The standard InChI is InChI=1S/C23H27ClN6O4.H2O/c1-23(8-5-6-9-23)21(14-12(24)11-30(4)28-14)27-16-15(19(32)20(16)33)26-13-7-10-25-17(18(13)31)22(34)29(2)3;/h7,10-11,21,27,31H,5-6,8-9H2,1-4H3,(H,25,26);1H2. The molecule has 2 heterocycles. The van der Waals surface area contributed by atoms with Gasteiger partial charge >= 0.3 is 0 Å². The van der Waals surface area contributed by atoms with Crippen LogP contribution in [0.3, 0.4) is 0 Å². The molecule has 12 heteroatoms. The van der Waals surface area contributed by atoms with Gasteiger partial charge in [-0.3, -0.25) is 19.1 Å². The van der Waals surface area contributed by atoms with E-state index in [1.807, 2.05) is 0 Å². The number of aromatic hydroxyl groups is 1. The smallest absolute Gasteiger partial charge is 0.275 e. The van der Waals surface area contributed by atoms with Crippen molar-refractivity contribution < 1.29 is 15.4 Å². The Balaban J connectivity index is 0.00000342. The van der Waals surface area contributed by atoms with E-state index in [0.29, 0.717) is 10.7 Å². The van der Waals surface area contributed by atoms with E-state index in [9.17, 15) is 19.5 Å². The highest BCUT2D eigenvalue weighted by Gasteiger charge is 2.42. The maximum Gasteiger partial charge on any atom is 0.275 e. The fourth-order valence-electron chi connectivity index (χ4n) is 4.57. The Bertz CT molecular complexity index is 1320. The molecule has 1 fully saturated rings. The topological polar surface area (TPSA) is 161 Å². The third kappa shape index (κ3) is 4.61. The summed E-state index contributed by atoms with van der Waals surface area (Å²) in [5.74, 6) is -0.907. The average molecular weight is 505 g/mol. The molecule has 1 aliphatic carbocycles. The number of anilines is 3. The van der Waals surface area contributed by atoms with Gasteiger partial charge in [0.2, 0.25) is 0 Å². The van der Waals surface area contributed by atoms with Crippen LogP contribution in [0, 0.1) is 5.41 Å². The number of rotatable bonds is 7. The fraction of sp³-hybridized carbons (Fsp3) is 0.435. The Labute approximate surface area is 206 Å². The van der Waals surface area contributed by atoms with Crippen LogP contribution in [-0.2, 0) is 7.05 Å². The zero-order chi connectivity index (χ0) is 24.8. The second-order valence-corrected chi connectivity index (χ2v) is 9.67. The van der Waals surface area contributed by atoms with Gasteiger partial charge in [0, 0.05) is 33.5 Å². The minimum Gasteiger partial charge on any atom is -0.504 e. The lowest BCUT2D eigenvalue weighted by Gasteiger charge is -2.35. The lowest BCUT2D eigenvalue weighted by Crippen LogP contribution is -2.40. The molecule has 188 valence electrons. The van der Waals surface area contributed by atoms with Crippen molar-refractivity contribution in [1.29, 1.82) is 0 Å². The van der Waals surface area contributed by atoms with Gasteiger partial charge in [-0.1, -0.05) is 31.4 Å². The third-order valence-electron chi connectivity index (χ3n) is 6.52. The van der Waals surface area contributed by atoms with Crippen molar-refractivity contribution in [2.75, 3.05) is 24.7 Å². The molecule has 11 nitrogen and oxygen atoms in total. The van der Waals surface area contributed by atoms with Gasteiger partial charge in [-0.25, -0.2) is 4.98 Å². The Kier molecular flexibility index (Phi) is 7.23. The van der Waals surface area contributed by atoms with Crippen LogP contribution in [-0.4, -0.2) is 50.2 Å². The molecule has 4 rings (SSSR count). The maximum atomic E-state index is 12.6. The number of carbonyl (C=O) groups excluding carboxylic acids is 1. The fourth-order valence-corrected chi connectivity index (χ4v) is 4.86. The molecule has 1 saturated carbocycles. The monoisotopic (exact) mass is 504 g/mol. The molecule has 35 heavy (non-hydrogen) atoms. The first-order valence-corrected chi connectivity index (χ1v) is 11.4. The quantitative estimate of drug-likeness (QED) is 0.412. The predicted molar refractivity (Wildman–Crippen MR) is 133 cm³/mol. The van der Waals surface area contributed by atoms with E-state index < -0.39 is 28.6 Å². The lowest BCUT2D eigenvalue weighted by atomic mass is 9.78. The molecule has 0 radical (unpaired) electrons. The zero-order valence-electron chi connectivity index (χ0n) is 20.0. The number of halogens is 1. The molecule has 1 aliphatic rings. The summed E-state index contributed by atoms with van der Waals surface area (Å²) in [4.78, 5) is 42.6. The lowest BCUT2D eigenvalue weighted by molar-refractivity contribution is 0.0819. The van der Waals surface area contributed by atoms with Crippen molar-refractivity contribution in [2.24, 2.45) is 12.5 Å². The zero-order valence-corrected chi connectivity index (χ0v) is 20.7. The van der Waals surface area contributed by atoms with Crippen molar-refractivity contribution >= 4 is 34.6 Å². The van der Waals surface area contributed by atoms with Gasteiger partial charge in [0.1, 0.15) is 17.1 Å². The summed E-state index contributed by atoms with van der Waals surface area (Å²) in [5, 5.41) is 21.6. The van der Waals surface area contributed by atoms with Gasteiger partial charge in [0.05, 0.1) is 16.8 Å². The first-order chi connectivity index (χ1) is 16.0. The average Bonchev–Trinajstić information content (AvgIpc) is 3.38. The number of nitrogens with one attached hydrogen (secondary N) is 2. The van der Waals surface area contributed by atoms with Gasteiger partial charge < -0.3 is 26.1 Å². The molecule has 3 aromatic rings. The summed E-state index contributed by atoms with van der Waals surface area (Å²) < 4.78 is 1.62. The Hall–Kier alpha value is -3.44. The molecule has 1 atom stereocenters. The Morgan fingerprint density at radius 1 is 1.23 bits per heavy atom. The highest BCUT2D eigenvalue weighted by molar-refractivity contribution is 6.31. The third-order valence-corrected chi connectivity index (χ3v) is 6.81. The normalized spacial score (nSPS) is 15.5.